The summed E-state index contributed by atoms with van der Waals surface area (Å²) in [7, 11) is 1.38. The number of hydrogen-bond acceptors (Lipinski definition) is 4. The maximum absolute atomic E-state index is 11.5. The molecule has 1 heterocycles. The highest BCUT2D eigenvalue weighted by Crippen LogP contribution is 2.43. The van der Waals surface area contributed by atoms with E-state index in [2.05, 4.69) is 12.2 Å². The Morgan fingerprint density at radius 1 is 1.53 bits per heavy atom. The van der Waals surface area contributed by atoms with Gasteiger partial charge in [0.2, 0.25) is 0 Å². The fourth-order valence-electron chi connectivity index (χ4n) is 2.73. The number of nitrogens with one attached hydrogen (secondary N) is 1. The summed E-state index contributed by atoms with van der Waals surface area (Å²) in [5, 5.41) is 3.45. The van der Waals surface area contributed by atoms with Gasteiger partial charge in [0.1, 0.15) is 17.1 Å². The molecule has 0 atom stereocenters. The Balaban J connectivity index is 1.88. The molecule has 1 aliphatic carbocycles. The molecule has 1 N–H and O–H groups in total. The van der Waals surface area contributed by atoms with E-state index in [-0.39, 0.29) is 5.97 Å². The molecule has 19 heavy (non-hydrogen) atoms. The van der Waals surface area contributed by atoms with Crippen LogP contribution in [0.3, 0.4) is 0 Å². The molecule has 2 rings (SSSR count). The second-order valence-electron chi connectivity index (χ2n) is 5.48. The SMILES string of the molecule is CCC1(CNCc2cc(C(=O)OC)c(C)o2)CCC1. The molecule has 4 nitrogen and oxygen atoms in total. The fourth-order valence-corrected chi connectivity index (χ4v) is 2.73. The van der Waals surface area contributed by atoms with Gasteiger partial charge in [0, 0.05) is 6.54 Å². The average Bonchev–Trinajstić information content (AvgIpc) is 2.73. The van der Waals surface area contributed by atoms with Crippen molar-refractivity contribution in [3.05, 3.63) is 23.2 Å². The van der Waals surface area contributed by atoms with Crippen LogP contribution in [0.25, 0.3) is 0 Å². The van der Waals surface area contributed by atoms with E-state index in [0.717, 1.165) is 12.3 Å². The summed E-state index contributed by atoms with van der Waals surface area (Å²) in [4.78, 5) is 11.5. The lowest BCUT2D eigenvalue weighted by molar-refractivity contribution is 0.0599. The molecule has 1 aromatic rings. The van der Waals surface area contributed by atoms with E-state index in [1.165, 1.54) is 32.8 Å². The van der Waals surface area contributed by atoms with E-state index < -0.39 is 0 Å². The highest BCUT2D eigenvalue weighted by Gasteiger charge is 2.34. The first-order valence-electron chi connectivity index (χ1n) is 6.98. The van der Waals surface area contributed by atoms with Crippen LogP contribution in [0.5, 0.6) is 0 Å². The molecule has 1 aliphatic rings. The fraction of sp³-hybridized carbons (Fsp3) is 0.667. The van der Waals surface area contributed by atoms with Crippen LogP contribution in [0.15, 0.2) is 10.5 Å². The van der Waals surface area contributed by atoms with Gasteiger partial charge in [0.15, 0.2) is 0 Å². The van der Waals surface area contributed by atoms with Crippen molar-refractivity contribution in [3.63, 3.8) is 0 Å². The number of rotatable bonds is 6. The molecule has 0 amide bonds. The Hall–Kier alpha value is -1.29. The summed E-state index contributed by atoms with van der Waals surface area (Å²) in [6.07, 6.45) is 5.22. The maximum atomic E-state index is 11.5. The van der Waals surface area contributed by atoms with Crippen LogP contribution in [0, 0.1) is 12.3 Å². The Morgan fingerprint density at radius 2 is 2.26 bits per heavy atom. The third kappa shape index (κ3) is 3.00. The molecular formula is C15H23NO3. The molecule has 0 aromatic carbocycles. The van der Waals surface area contributed by atoms with Gasteiger partial charge in [-0.2, -0.15) is 0 Å². The predicted molar refractivity (Wildman–Crippen MR) is 73.1 cm³/mol. The third-order valence-corrected chi connectivity index (χ3v) is 4.34. The summed E-state index contributed by atoms with van der Waals surface area (Å²) < 4.78 is 10.3. The van der Waals surface area contributed by atoms with Crippen LogP contribution in [0.4, 0.5) is 0 Å². The molecule has 1 aromatic heterocycles. The van der Waals surface area contributed by atoms with Crippen LogP contribution in [-0.2, 0) is 11.3 Å². The number of furan rings is 1. The molecule has 0 spiro atoms. The van der Waals surface area contributed by atoms with Crippen LogP contribution in [-0.4, -0.2) is 19.6 Å². The Kier molecular flexibility index (Phi) is 4.30. The molecular weight excluding hydrogens is 242 g/mol. The largest absolute Gasteiger partial charge is 0.465 e. The summed E-state index contributed by atoms with van der Waals surface area (Å²) in [6, 6.07) is 1.77. The Bertz CT molecular complexity index is 441. The number of methoxy groups -OCH3 is 1. The van der Waals surface area contributed by atoms with Crippen molar-refractivity contribution in [3.8, 4) is 0 Å². The smallest absolute Gasteiger partial charge is 0.341 e. The van der Waals surface area contributed by atoms with Gasteiger partial charge < -0.3 is 14.5 Å². The second kappa shape index (κ2) is 5.78. The number of esters is 1. The average molecular weight is 265 g/mol. The van der Waals surface area contributed by atoms with Crippen molar-refractivity contribution in [1.29, 1.82) is 0 Å². The van der Waals surface area contributed by atoms with E-state index in [4.69, 9.17) is 9.15 Å². The first kappa shape index (κ1) is 14.1. The minimum atomic E-state index is -0.337. The van der Waals surface area contributed by atoms with Crippen LogP contribution in [0.2, 0.25) is 0 Å². The lowest BCUT2D eigenvalue weighted by atomic mass is 9.67. The van der Waals surface area contributed by atoms with E-state index >= 15 is 0 Å². The van der Waals surface area contributed by atoms with Gasteiger partial charge in [0.05, 0.1) is 13.7 Å². The molecule has 0 aliphatic heterocycles. The van der Waals surface area contributed by atoms with E-state index in [9.17, 15) is 4.79 Å². The summed E-state index contributed by atoms with van der Waals surface area (Å²) in [5.74, 6) is 1.08. The molecule has 1 saturated carbocycles. The minimum absolute atomic E-state index is 0.337. The van der Waals surface area contributed by atoms with Crippen molar-refractivity contribution in [2.24, 2.45) is 5.41 Å². The molecule has 106 valence electrons. The van der Waals surface area contributed by atoms with Gasteiger partial charge in [-0.15, -0.1) is 0 Å². The van der Waals surface area contributed by atoms with E-state index in [1.807, 2.05) is 0 Å². The van der Waals surface area contributed by atoms with E-state index in [1.54, 1.807) is 13.0 Å². The van der Waals surface area contributed by atoms with Crippen LogP contribution in [0.1, 0.15) is 54.5 Å². The lowest BCUT2D eigenvalue weighted by Gasteiger charge is -2.41. The van der Waals surface area contributed by atoms with Gasteiger partial charge in [0.25, 0.3) is 0 Å². The Morgan fingerprint density at radius 3 is 2.79 bits per heavy atom. The first-order valence-corrected chi connectivity index (χ1v) is 6.98. The number of ether oxygens (including phenoxy) is 1. The van der Waals surface area contributed by atoms with Gasteiger partial charge in [-0.05, 0) is 37.7 Å². The second-order valence-corrected chi connectivity index (χ2v) is 5.48. The monoisotopic (exact) mass is 265 g/mol. The minimum Gasteiger partial charge on any atom is -0.465 e. The number of hydrogen-bond donors (Lipinski definition) is 1. The zero-order valence-corrected chi connectivity index (χ0v) is 12.0. The standard InChI is InChI=1S/C15H23NO3/c1-4-15(6-5-7-15)10-16-9-12-8-13(11(2)19-12)14(17)18-3/h8,16H,4-7,9-10H2,1-3H3. The van der Waals surface area contributed by atoms with Gasteiger partial charge >= 0.3 is 5.97 Å². The molecule has 0 bridgehead atoms. The molecule has 1 fully saturated rings. The number of aryl methyl sites for hydroxylation is 1. The zero-order chi connectivity index (χ0) is 13.9. The topological polar surface area (TPSA) is 51.5 Å². The first-order chi connectivity index (χ1) is 9.10. The molecule has 0 radical (unpaired) electrons. The van der Waals surface area contributed by atoms with Crippen molar-refractivity contribution in [2.45, 2.75) is 46.1 Å². The van der Waals surface area contributed by atoms with Crippen molar-refractivity contribution >= 4 is 5.97 Å². The lowest BCUT2D eigenvalue weighted by Crippen LogP contribution is -2.39. The number of carbonyl (C=O) groups is 1. The highest BCUT2D eigenvalue weighted by molar-refractivity contribution is 5.90. The summed E-state index contributed by atoms with van der Waals surface area (Å²) in [5.41, 5.74) is 1.01. The predicted octanol–water partition coefficient (Wildman–Crippen LogP) is 3.04. The van der Waals surface area contributed by atoms with Crippen molar-refractivity contribution in [2.75, 3.05) is 13.7 Å². The summed E-state index contributed by atoms with van der Waals surface area (Å²) in [6.45, 7) is 5.73. The van der Waals surface area contributed by atoms with Gasteiger partial charge in [-0.3, -0.25) is 0 Å². The highest BCUT2D eigenvalue weighted by atomic mass is 16.5. The maximum Gasteiger partial charge on any atom is 0.341 e. The van der Waals surface area contributed by atoms with Crippen LogP contribution >= 0.6 is 0 Å². The third-order valence-electron chi connectivity index (χ3n) is 4.34. The van der Waals surface area contributed by atoms with E-state index in [0.29, 0.717) is 23.3 Å². The quantitative estimate of drug-likeness (QED) is 0.803. The molecule has 0 saturated heterocycles. The zero-order valence-electron chi connectivity index (χ0n) is 12.0. The van der Waals surface area contributed by atoms with Crippen molar-refractivity contribution < 1.29 is 13.9 Å². The normalized spacial score (nSPS) is 17.0. The van der Waals surface area contributed by atoms with Gasteiger partial charge in [-0.25, -0.2) is 4.79 Å². The molecule has 4 heteroatoms. The summed E-state index contributed by atoms with van der Waals surface area (Å²) >= 11 is 0. The van der Waals surface area contributed by atoms with Crippen molar-refractivity contribution in [1.82, 2.24) is 5.32 Å². The molecule has 0 unspecified atom stereocenters. The van der Waals surface area contributed by atoms with Crippen LogP contribution < -0.4 is 5.32 Å². The Labute approximate surface area is 114 Å². The van der Waals surface area contributed by atoms with Gasteiger partial charge in [-0.1, -0.05) is 13.3 Å². The number of carbonyl (C=O) groups excluding carboxylic acids is 1.